The van der Waals surface area contributed by atoms with Crippen LogP contribution in [0.1, 0.15) is 20.3 Å². The predicted molar refractivity (Wildman–Crippen MR) is 55.1 cm³/mol. The van der Waals surface area contributed by atoms with Gasteiger partial charge >= 0.3 is 5.97 Å². The van der Waals surface area contributed by atoms with Gasteiger partial charge in [-0.25, -0.2) is 4.79 Å². The minimum absolute atomic E-state index is 0.362. The Morgan fingerprint density at radius 1 is 1.47 bits per heavy atom. The van der Waals surface area contributed by atoms with Crippen LogP contribution >= 0.6 is 0 Å². The van der Waals surface area contributed by atoms with Crippen molar-refractivity contribution in [2.75, 3.05) is 13.7 Å². The first-order valence-corrected chi connectivity index (χ1v) is 4.62. The summed E-state index contributed by atoms with van der Waals surface area (Å²) in [7, 11) is 1.25. The average molecular weight is 215 g/mol. The number of aliphatic hydroxyl groups is 1. The fourth-order valence-electron chi connectivity index (χ4n) is 0.950. The molecule has 0 aromatic rings. The van der Waals surface area contributed by atoms with Gasteiger partial charge in [0.1, 0.15) is 12.6 Å². The molecule has 0 spiro atoms. The maximum Gasteiger partial charge on any atom is 0.328 e. The number of methoxy groups -OCH3 is 1. The summed E-state index contributed by atoms with van der Waals surface area (Å²) < 4.78 is 4.53. The fraction of sp³-hybridized carbons (Fsp3) is 0.600. The van der Waals surface area contributed by atoms with Crippen LogP contribution in [0.4, 0.5) is 0 Å². The number of carbonyl (C=O) groups excluding carboxylic acids is 2. The number of ether oxygens (including phenoxy) is 1. The molecule has 0 fully saturated rings. The average Bonchev–Trinajstić information content (AvgIpc) is 2.22. The van der Waals surface area contributed by atoms with Gasteiger partial charge in [0.15, 0.2) is 0 Å². The molecule has 15 heavy (non-hydrogen) atoms. The maximum atomic E-state index is 11.2. The van der Waals surface area contributed by atoms with Crippen molar-refractivity contribution in [1.29, 1.82) is 0 Å². The van der Waals surface area contributed by atoms with Crippen LogP contribution in [0.25, 0.3) is 0 Å². The Balaban J connectivity index is 4.38. The highest BCUT2D eigenvalue weighted by molar-refractivity contribution is 5.85. The van der Waals surface area contributed by atoms with Gasteiger partial charge in [-0.1, -0.05) is 11.6 Å². The minimum atomic E-state index is -0.732. The third-order valence-corrected chi connectivity index (χ3v) is 1.73. The first-order valence-electron chi connectivity index (χ1n) is 4.62. The van der Waals surface area contributed by atoms with Crippen LogP contribution in [-0.4, -0.2) is 36.7 Å². The van der Waals surface area contributed by atoms with Crippen molar-refractivity contribution < 1.29 is 19.4 Å². The molecule has 2 N–H and O–H groups in total. The monoisotopic (exact) mass is 215 g/mol. The van der Waals surface area contributed by atoms with Gasteiger partial charge in [-0.2, -0.15) is 0 Å². The topological polar surface area (TPSA) is 75.6 Å². The lowest BCUT2D eigenvalue weighted by atomic mass is 10.1. The van der Waals surface area contributed by atoms with E-state index in [4.69, 9.17) is 5.11 Å². The van der Waals surface area contributed by atoms with Gasteiger partial charge in [0.2, 0.25) is 5.91 Å². The molecule has 0 aliphatic carbocycles. The quantitative estimate of drug-likeness (QED) is 0.499. The highest BCUT2D eigenvalue weighted by Gasteiger charge is 2.19. The molecule has 0 aromatic carbocycles. The molecule has 5 heteroatoms. The highest BCUT2D eigenvalue weighted by atomic mass is 16.5. The molecule has 0 heterocycles. The Kier molecular flexibility index (Phi) is 6.37. The summed E-state index contributed by atoms with van der Waals surface area (Å²) in [5.41, 5.74) is 1.04. The largest absolute Gasteiger partial charge is 0.467 e. The van der Waals surface area contributed by atoms with E-state index in [1.54, 1.807) is 0 Å². The van der Waals surface area contributed by atoms with Crippen LogP contribution in [0, 0.1) is 0 Å². The van der Waals surface area contributed by atoms with Gasteiger partial charge in [0.05, 0.1) is 7.11 Å². The lowest BCUT2D eigenvalue weighted by molar-refractivity contribution is -0.145. The summed E-state index contributed by atoms with van der Waals surface area (Å²) in [6.07, 6.45) is 2.18. The Hall–Kier alpha value is -1.36. The van der Waals surface area contributed by atoms with Crippen LogP contribution in [0.15, 0.2) is 11.6 Å². The first kappa shape index (κ1) is 13.6. The summed E-state index contributed by atoms with van der Waals surface area (Å²) >= 11 is 0. The molecule has 0 aromatic heterocycles. The second-order valence-electron chi connectivity index (χ2n) is 3.32. The van der Waals surface area contributed by atoms with Gasteiger partial charge < -0.3 is 15.2 Å². The van der Waals surface area contributed by atoms with E-state index in [0.29, 0.717) is 6.42 Å². The third-order valence-electron chi connectivity index (χ3n) is 1.73. The van der Waals surface area contributed by atoms with Gasteiger partial charge in [-0.3, -0.25) is 4.79 Å². The second-order valence-corrected chi connectivity index (χ2v) is 3.32. The zero-order valence-electron chi connectivity index (χ0n) is 9.24. The van der Waals surface area contributed by atoms with E-state index >= 15 is 0 Å². The van der Waals surface area contributed by atoms with E-state index in [2.05, 4.69) is 10.1 Å². The van der Waals surface area contributed by atoms with Crippen LogP contribution < -0.4 is 5.32 Å². The predicted octanol–water partition coefficient (Wildman–Crippen LogP) is -0.00720. The van der Waals surface area contributed by atoms with E-state index in [9.17, 15) is 9.59 Å². The molecule has 0 aliphatic heterocycles. The maximum absolute atomic E-state index is 11.2. The Bertz CT molecular complexity index is 256. The van der Waals surface area contributed by atoms with Crippen LogP contribution in [0.3, 0.4) is 0 Å². The number of hydrogen-bond acceptors (Lipinski definition) is 4. The van der Waals surface area contributed by atoms with Crippen molar-refractivity contribution in [3.05, 3.63) is 11.6 Å². The number of hydrogen-bond donors (Lipinski definition) is 2. The number of nitrogens with one attached hydrogen (secondary N) is 1. The molecule has 0 unspecified atom stereocenters. The molecule has 86 valence electrons. The zero-order valence-corrected chi connectivity index (χ0v) is 9.24. The molecule has 0 rings (SSSR count). The van der Waals surface area contributed by atoms with Gasteiger partial charge in [-0.15, -0.1) is 0 Å². The van der Waals surface area contributed by atoms with E-state index < -0.39 is 24.5 Å². The van der Waals surface area contributed by atoms with Crippen LogP contribution in [0.5, 0.6) is 0 Å². The van der Waals surface area contributed by atoms with E-state index in [0.717, 1.165) is 5.57 Å². The van der Waals surface area contributed by atoms with Crippen molar-refractivity contribution in [3.8, 4) is 0 Å². The van der Waals surface area contributed by atoms with Crippen molar-refractivity contribution in [3.63, 3.8) is 0 Å². The molecule has 1 amide bonds. The molecular formula is C10H17NO4. The molecule has 5 nitrogen and oxygen atoms in total. The molecule has 0 saturated heterocycles. The number of carbonyl (C=O) groups is 2. The Morgan fingerprint density at radius 3 is 2.47 bits per heavy atom. The molecule has 0 saturated carbocycles. The van der Waals surface area contributed by atoms with Crippen molar-refractivity contribution in [1.82, 2.24) is 5.32 Å². The number of amides is 1. The van der Waals surface area contributed by atoms with Crippen molar-refractivity contribution in [2.45, 2.75) is 26.3 Å². The zero-order chi connectivity index (χ0) is 11.8. The summed E-state index contributed by atoms with van der Waals surface area (Å²) in [4.78, 5) is 22.1. The van der Waals surface area contributed by atoms with E-state index in [1.165, 1.54) is 7.11 Å². The summed E-state index contributed by atoms with van der Waals surface area (Å²) in [5, 5.41) is 10.9. The Morgan fingerprint density at radius 2 is 2.07 bits per heavy atom. The molecular weight excluding hydrogens is 198 g/mol. The third kappa shape index (κ3) is 5.85. The molecule has 0 radical (unpaired) electrons. The number of rotatable bonds is 5. The summed E-state index contributed by atoms with van der Waals surface area (Å²) in [6, 6.07) is -0.732. The smallest absolute Gasteiger partial charge is 0.328 e. The first-order chi connectivity index (χ1) is 7.01. The molecule has 1 atom stereocenters. The second kappa shape index (κ2) is 7.00. The van der Waals surface area contributed by atoms with Gasteiger partial charge in [0.25, 0.3) is 0 Å². The van der Waals surface area contributed by atoms with Crippen molar-refractivity contribution in [2.24, 2.45) is 0 Å². The standard InChI is InChI=1S/C10H17NO4/c1-7(2)4-5-8(10(14)15-3)11-9(13)6-12/h4,8,12H,5-6H2,1-3H3,(H,11,13)/t8-/m0/s1. The lowest BCUT2D eigenvalue weighted by Gasteiger charge is -2.14. The molecule has 0 bridgehead atoms. The van der Waals surface area contributed by atoms with E-state index in [1.807, 2.05) is 19.9 Å². The normalized spacial score (nSPS) is 11.5. The lowest BCUT2D eigenvalue weighted by Crippen LogP contribution is -2.42. The number of aliphatic hydroxyl groups excluding tert-OH is 1. The minimum Gasteiger partial charge on any atom is -0.467 e. The number of esters is 1. The van der Waals surface area contributed by atoms with Gasteiger partial charge in [0, 0.05) is 0 Å². The Labute approximate surface area is 89.1 Å². The van der Waals surface area contributed by atoms with E-state index in [-0.39, 0.29) is 0 Å². The highest BCUT2D eigenvalue weighted by Crippen LogP contribution is 2.00. The van der Waals surface area contributed by atoms with Crippen LogP contribution in [-0.2, 0) is 14.3 Å². The molecule has 0 aliphatic rings. The SMILES string of the molecule is COC(=O)[C@H](CC=C(C)C)NC(=O)CO. The number of allylic oxidation sites excluding steroid dienone is 1. The van der Waals surface area contributed by atoms with Gasteiger partial charge in [-0.05, 0) is 20.3 Å². The summed E-state index contributed by atoms with van der Waals surface area (Å²) in [5.74, 6) is -1.11. The van der Waals surface area contributed by atoms with Crippen molar-refractivity contribution >= 4 is 11.9 Å². The fourth-order valence-corrected chi connectivity index (χ4v) is 0.950. The summed E-state index contributed by atoms with van der Waals surface area (Å²) in [6.45, 7) is 3.15. The van der Waals surface area contributed by atoms with Crippen LogP contribution in [0.2, 0.25) is 0 Å².